The number of rotatable bonds is 3. The molecule has 0 amide bonds. The van der Waals surface area contributed by atoms with Gasteiger partial charge in [-0.05, 0) is 17.7 Å². The quantitative estimate of drug-likeness (QED) is 0.871. The lowest BCUT2D eigenvalue weighted by Crippen LogP contribution is -2.11. The third-order valence-electron chi connectivity index (χ3n) is 2.28. The van der Waals surface area contributed by atoms with Gasteiger partial charge in [0.2, 0.25) is 0 Å². The van der Waals surface area contributed by atoms with Gasteiger partial charge in [0.1, 0.15) is 5.69 Å². The second kappa shape index (κ2) is 4.47. The zero-order valence-corrected chi connectivity index (χ0v) is 9.44. The first kappa shape index (κ1) is 11.5. The van der Waals surface area contributed by atoms with E-state index in [1.54, 1.807) is 24.3 Å². The number of carboxylic acids is 1. The van der Waals surface area contributed by atoms with Crippen molar-refractivity contribution in [2.45, 2.75) is 6.54 Å². The van der Waals surface area contributed by atoms with E-state index < -0.39 is 11.5 Å². The lowest BCUT2D eigenvalue weighted by Gasteiger charge is -2.05. The SMILES string of the molecule is O=C(O)c1cc(=O)[nH]n1Cc1ccc(Cl)cc1. The van der Waals surface area contributed by atoms with Gasteiger partial charge in [0.15, 0.2) is 0 Å². The summed E-state index contributed by atoms with van der Waals surface area (Å²) in [5.41, 5.74) is 0.352. The van der Waals surface area contributed by atoms with Crippen molar-refractivity contribution in [2.24, 2.45) is 0 Å². The number of aromatic carboxylic acids is 1. The maximum atomic E-state index is 11.1. The van der Waals surface area contributed by atoms with Gasteiger partial charge in [-0.15, -0.1) is 0 Å². The Morgan fingerprint density at radius 2 is 2.00 bits per heavy atom. The van der Waals surface area contributed by atoms with Crippen molar-refractivity contribution in [3.63, 3.8) is 0 Å². The minimum atomic E-state index is -1.14. The average Bonchev–Trinajstić information content (AvgIpc) is 2.63. The highest BCUT2D eigenvalue weighted by Gasteiger charge is 2.11. The number of nitrogens with one attached hydrogen (secondary N) is 1. The molecular weight excluding hydrogens is 244 g/mol. The molecule has 0 aliphatic heterocycles. The van der Waals surface area contributed by atoms with Gasteiger partial charge in [0.25, 0.3) is 5.56 Å². The minimum absolute atomic E-state index is 0.0649. The van der Waals surface area contributed by atoms with Crippen LogP contribution in [0.25, 0.3) is 0 Å². The first-order chi connectivity index (χ1) is 8.06. The summed E-state index contributed by atoms with van der Waals surface area (Å²) >= 11 is 5.74. The summed E-state index contributed by atoms with van der Waals surface area (Å²) in [7, 11) is 0. The molecule has 0 aliphatic carbocycles. The molecule has 0 saturated heterocycles. The molecule has 1 heterocycles. The van der Waals surface area contributed by atoms with E-state index in [0.29, 0.717) is 5.02 Å². The Balaban J connectivity index is 2.32. The molecular formula is C11H9ClN2O3. The van der Waals surface area contributed by atoms with Crippen LogP contribution in [-0.4, -0.2) is 20.9 Å². The Morgan fingerprint density at radius 1 is 1.35 bits per heavy atom. The highest BCUT2D eigenvalue weighted by molar-refractivity contribution is 6.30. The van der Waals surface area contributed by atoms with Crippen molar-refractivity contribution in [3.8, 4) is 0 Å². The largest absolute Gasteiger partial charge is 0.477 e. The van der Waals surface area contributed by atoms with Gasteiger partial charge in [-0.25, -0.2) is 4.79 Å². The summed E-state index contributed by atoms with van der Waals surface area (Å²) < 4.78 is 1.29. The zero-order valence-electron chi connectivity index (χ0n) is 8.68. The van der Waals surface area contributed by atoms with E-state index in [2.05, 4.69) is 5.10 Å². The van der Waals surface area contributed by atoms with Crippen molar-refractivity contribution in [1.29, 1.82) is 0 Å². The number of hydrogen-bond donors (Lipinski definition) is 2. The molecule has 2 rings (SSSR count). The predicted octanol–water partition coefficient (Wildman–Crippen LogP) is 1.58. The molecule has 0 bridgehead atoms. The monoisotopic (exact) mass is 252 g/mol. The molecule has 0 unspecified atom stereocenters. The highest BCUT2D eigenvalue weighted by atomic mass is 35.5. The maximum Gasteiger partial charge on any atom is 0.354 e. The molecule has 0 fully saturated rings. The minimum Gasteiger partial charge on any atom is -0.477 e. The van der Waals surface area contributed by atoms with Gasteiger partial charge in [0.05, 0.1) is 6.54 Å². The van der Waals surface area contributed by atoms with Crippen molar-refractivity contribution in [3.05, 3.63) is 57.0 Å². The lowest BCUT2D eigenvalue weighted by molar-refractivity contribution is 0.0684. The van der Waals surface area contributed by atoms with Crippen LogP contribution < -0.4 is 5.56 Å². The topological polar surface area (TPSA) is 75.1 Å². The predicted molar refractivity (Wildman–Crippen MR) is 62.6 cm³/mol. The van der Waals surface area contributed by atoms with E-state index in [0.717, 1.165) is 11.6 Å². The molecule has 0 aliphatic rings. The number of carboxylic acid groups (broad SMARTS) is 1. The van der Waals surface area contributed by atoms with E-state index in [4.69, 9.17) is 16.7 Å². The Hall–Kier alpha value is -2.01. The molecule has 0 radical (unpaired) electrons. The number of aromatic amines is 1. The van der Waals surface area contributed by atoms with E-state index >= 15 is 0 Å². The highest BCUT2D eigenvalue weighted by Crippen LogP contribution is 2.10. The molecule has 2 aromatic rings. The van der Waals surface area contributed by atoms with E-state index in [1.165, 1.54) is 4.68 Å². The maximum absolute atomic E-state index is 11.1. The van der Waals surface area contributed by atoms with Crippen LogP contribution in [0.2, 0.25) is 5.02 Å². The number of nitrogens with zero attached hydrogens (tertiary/aromatic N) is 1. The van der Waals surface area contributed by atoms with Gasteiger partial charge in [0, 0.05) is 11.1 Å². The molecule has 1 aromatic carbocycles. The van der Waals surface area contributed by atoms with E-state index in [1.807, 2.05) is 0 Å². The van der Waals surface area contributed by atoms with Crippen molar-refractivity contribution >= 4 is 17.6 Å². The number of benzene rings is 1. The Morgan fingerprint density at radius 3 is 2.59 bits per heavy atom. The number of carbonyl (C=O) groups is 1. The van der Waals surface area contributed by atoms with Crippen molar-refractivity contribution in [2.75, 3.05) is 0 Å². The lowest BCUT2D eigenvalue weighted by atomic mass is 10.2. The molecule has 2 N–H and O–H groups in total. The summed E-state index contributed by atoms with van der Waals surface area (Å²) in [4.78, 5) is 22.0. The number of H-pyrrole nitrogens is 1. The Kier molecular flexibility index (Phi) is 3.01. The Labute approximate surface area is 101 Å². The third kappa shape index (κ3) is 2.57. The fourth-order valence-corrected chi connectivity index (χ4v) is 1.63. The summed E-state index contributed by atoms with van der Waals surface area (Å²) in [5, 5.41) is 11.9. The first-order valence-corrected chi connectivity index (χ1v) is 5.21. The van der Waals surface area contributed by atoms with E-state index in [9.17, 15) is 9.59 Å². The van der Waals surface area contributed by atoms with Gasteiger partial charge in [-0.3, -0.25) is 14.6 Å². The second-order valence-electron chi connectivity index (χ2n) is 3.52. The van der Waals surface area contributed by atoms with Crippen LogP contribution in [-0.2, 0) is 6.54 Å². The van der Waals surface area contributed by atoms with Gasteiger partial charge >= 0.3 is 5.97 Å². The van der Waals surface area contributed by atoms with Gasteiger partial charge < -0.3 is 5.11 Å². The summed E-state index contributed by atoms with van der Waals surface area (Å²) in [6.07, 6.45) is 0. The van der Waals surface area contributed by atoms with Crippen LogP contribution in [0.4, 0.5) is 0 Å². The average molecular weight is 253 g/mol. The molecule has 1 aromatic heterocycles. The van der Waals surface area contributed by atoms with Gasteiger partial charge in [-0.2, -0.15) is 0 Å². The number of hydrogen-bond acceptors (Lipinski definition) is 2. The molecule has 88 valence electrons. The fraction of sp³-hybridized carbons (Fsp3) is 0.0909. The molecule has 6 heteroatoms. The number of aromatic nitrogens is 2. The molecule has 5 nitrogen and oxygen atoms in total. The molecule has 0 saturated carbocycles. The zero-order chi connectivity index (χ0) is 12.4. The van der Waals surface area contributed by atoms with Crippen LogP contribution in [0.15, 0.2) is 35.1 Å². The summed E-state index contributed by atoms with van der Waals surface area (Å²) in [5.74, 6) is -1.14. The van der Waals surface area contributed by atoms with Crippen LogP contribution in [0.3, 0.4) is 0 Å². The third-order valence-corrected chi connectivity index (χ3v) is 2.53. The van der Waals surface area contributed by atoms with Crippen molar-refractivity contribution in [1.82, 2.24) is 9.78 Å². The fourth-order valence-electron chi connectivity index (χ4n) is 1.50. The smallest absolute Gasteiger partial charge is 0.354 e. The standard InChI is InChI=1S/C11H9ClN2O3/c12-8-3-1-7(2-4-8)6-14-9(11(16)17)5-10(15)13-14/h1-5H,6H2,(H,13,15)(H,16,17). The van der Waals surface area contributed by atoms with Gasteiger partial charge in [-0.1, -0.05) is 23.7 Å². The van der Waals surface area contributed by atoms with Crippen LogP contribution >= 0.6 is 11.6 Å². The number of halogens is 1. The first-order valence-electron chi connectivity index (χ1n) is 4.84. The second-order valence-corrected chi connectivity index (χ2v) is 3.96. The summed E-state index contributed by atoms with van der Waals surface area (Å²) in [6.45, 7) is 0.279. The van der Waals surface area contributed by atoms with E-state index in [-0.39, 0.29) is 12.2 Å². The normalized spacial score (nSPS) is 10.4. The van der Waals surface area contributed by atoms with Crippen LogP contribution in [0, 0.1) is 0 Å². The molecule has 0 atom stereocenters. The molecule has 17 heavy (non-hydrogen) atoms. The van der Waals surface area contributed by atoms with Crippen molar-refractivity contribution < 1.29 is 9.90 Å². The Bertz CT molecular complexity index is 598. The van der Waals surface area contributed by atoms with Crippen LogP contribution in [0.5, 0.6) is 0 Å². The molecule has 0 spiro atoms. The summed E-state index contributed by atoms with van der Waals surface area (Å²) in [6, 6.07) is 8.01. The van der Waals surface area contributed by atoms with Crippen LogP contribution in [0.1, 0.15) is 16.1 Å².